The van der Waals surface area contributed by atoms with Crippen LogP contribution in [0.15, 0.2) is 12.4 Å². The maximum absolute atomic E-state index is 12.1. The Morgan fingerprint density at radius 1 is 1.35 bits per heavy atom. The molecule has 0 aliphatic rings. The van der Waals surface area contributed by atoms with Gasteiger partial charge in [0, 0.05) is 18.9 Å². The van der Waals surface area contributed by atoms with Gasteiger partial charge >= 0.3 is 12.1 Å². The normalized spacial score (nSPS) is 12.2. The molecule has 0 unspecified atom stereocenters. The van der Waals surface area contributed by atoms with Crippen molar-refractivity contribution in [2.45, 2.75) is 25.6 Å². The van der Waals surface area contributed by atoms with Gasteiger partial charge in [0.15, 0.2) is 11.5 Å². The third kappa shape index (κ3) is 5.39. The molecule has 0 fully saturated rings. The summed E-state index contributed by atoms with van der Waals surface area (Å²) >= 11 is 0. The molecule has 0 bridgehead atoms. The van der Waals surface area contributed by atoms with Gasteiger partial charge in [-0.2, -0.15) is 13.2 Å². The average Bonchev–Trinajstić information content (AvgIpc) is 2.34. The first-order valence-corrected chi connectivity index (χ1v) is 5.60. The predicted octanol–water partition coefficient (Wildman–Crippen LogP) is 1.94. The summed E-state index contributed by atoms with van der Waals surface area (Å²) in [5.41, 5.74) is -1.46. The topological polar surface area (TPSA) is 84.3 Å². The number of carboxylic acids is 1. The first kappa shape index (κ1) is 16.2. The smallest absolute Gasteiger partial charge is 0.411 e. The summed E-state index contributed by atoms with van der Waals surface area (Å²) < 4.78 is 41.0. The maximum Gasteiger partial charge on any atom is 0.411 e. The van der Waals surface area contributed by atoms with Crippen LogP contribution in [0, 0.1) is 0 Å². The van der Waals surface area contributed by atoms with Crippen LogP contribution in [-0.4, -0.2) is 46.0 Å². The molecular weight excluding hydrogens is 279 g/mol. The molecule has 1 aromatic rings. The van der Waals surface area contributed by atoms with Gasteiger partial charge < -0.3 is 15.2 Å². The zero-order chi connectivity index (χ0) is 15.4. The number of aromatic carboxylic acids is 1. The molecule has 1 rings (SSSR count). The number of rotatable bonds is 6. The van der Waals surface area contributed by atoms with Crippen LogP contribution in [0.5, 0.6) is 0 Å². The molecule has 6 nitrogen and oxygen atoms in total. The maximum atomic E-state index is 12.1. The number of carboxylic acid groups (broad SMARTS) is 1. The molecular formula is C11H14F3N3O3. The van der Waals surface area contributed by atoms with Crippen LogP contribution >= 0.6 is 0 Å². The number of nitrogens with zero attached hydrogens (tertiary/aromatic N) is 2. The van der Waals surface area contributed by atoms with Gasteiger partial charge in [0.1, 0.15) is 6.61 Å². The van der Waals surface area contributed by atoms with Crippen molar-refractivity contribution in [3.63, 3.8) is 0 Å². The molecule has 0 saturated carbocycles. The van der Waals surface area contributed by atoms with Crippen molar-refractivity contribution in [1.29, 1.82) is 0 Å². The van der Waals surface area contributed by atoms with Crippen molar-refractivity contribution in [2.75, 3.05) is 18.5 Å². The van der Waals surface area contributed by atoms with E-state index in [2.05, 4.69) is 15.3 Å². The Balaban J connectivity index is 2.64. The van der Waals surface area contributed by atoms with Crippen LogP contribution in [-0.2, 0) is 4.74 Å². The molecule has 0 aromatic carbocycles. The molecule has 1 aromatic heterocycles. The van der Waals surface area contributed by atoms with Gasteiger partial charge in [-0.05, 0) is 13.8 Å². The fraction of sp³-hybridized carbons (Fsp3) is 0.545. The van der Waals surface area contributed by atoms with Crippen molar-refractivity contribution in [1.82, 2.24) is 9.97 Å². The monoisotopic (exact) mass is 293 g/mol. The van der Waals surface area contributed by atoms with Crippen LogP contribution in [0.25, 0.3) is 0 Å². The fourth-order valence-electron chi connectivity index (χ4n) is 1.25. The van der Waals surface area contributed by atoms with E-state index >= 15 is 0 Å². The molecule has 0 aliphatic heterocycles. The Morgan fingerprint density at radius 3 is 2.50 bits per heavy atom. The van der Waals surface area contributed by atoms with Crippen LogP contribution in [0.4, 0.5) is 19.0 Å². The van der Waals surface area contributed by atoms with E-state index in [1.165, 1.54) is 26.2 Å². The first-order valence-electron chi connectivity index (χ1n) is 5.60. The van der Waals surface area contributed by atoms with E-state index < -0.39 is 24.4 Å². The van der Waals surface area contributed by atoms with Crippen LogP contribution in [0.2, 0.25) is 0 Å². The number of ether oxygens (including phenoxy) is 1. The highest BCUT2D eigenvalue weighted by Crippen LogP contribution is 2.20. The third-order valence-electron chi connectivity index (χ3n) is 2.21. The molecule has 9 heteroatoms. The van der Waals surface area contributed by atoms with Crippen molar-refractivity contribution >= 4 is 11.8 Å². The average molecular weight is 293 g/mol. The summed E-state index contributed by atoms with van der Waals surface area (Å²) in [7, 11) is 0. The molecule has 0 atom stereocenters. The number of halogens is 3. The number of carbonyl (C=O) groups is 1. The van der Waals surface area contributed by atoms with Crippen molar-refractivity contribution in [3.05, 3.63) is 18.1 Å². The van der Waals surface area contributed by atoms with E-state index in [0.717, 1.165) is 0 Å². The van der Waals surface area contributed by atoms with Crippen molar-refractivity contribution < 1.29 is 27.8 Å². The predicted molar refractivity (Wildman–Crippen MR) is 63.6 cm³/mol. The fourth-order valence-corrected chi connectivity index (χ4v) is 1.25. The molecule has 112 valence electrons. The highest BCUT2D eigenvalue weighted by Gasteiger charge is 2.32. The molecule has 0 saturated heterocycles. The zero-order valence-corrected chi connectivity index (χ0v) is 10.9. The quantitative estimate of drug-likeness (QED) is 0.834. The first-order chi connectivity index (χ1) is 9.11. The molecule has 0 aliphatic carbocycles. The number of aromatic nitrogens is 2. The summed E-state index contributed by atoms with van der Waals surface area (Å²) in [6, 6.07) is 0. The highest BCUT2D eigenvalue weighted by atomic mass is 19.4. The molecule has 20 heavy (non-hydrogen) atoms. The summed E-state index contributed by atoms with van der Waals surface area (Å²) in [6.45, 7) is 1.46. The lowest BCUT2D eigenvalue weighted by atomic mass is 10.1. The van der Waals surface area contributed by atoms with E-state index in [0.29, 0.717) is 0 Å². The minimum absolute atomic E-state index is 0.0244. The molecule has 2 N–H and O–H groups in total. The lowest BCUT2D eigenvalue weighted by Crippen LogP contribution is -2.37. The van der Waals surface area contributed by atoms with E-state index in [1.807, 2.05) is 0 Å². The Kier molecular flexibility index (Phi) is 4.88. The SMILES string of the molecule is CC(C)(CNc1nccnc1C(=O)O)OCC(F)(F)F. The second-order valence-electron chi connectivity index (χ2n) is 4.58. The second-order valence-corrected chi connectivity index (χ2v) is 4.58. The molecule has 0 radical (unpaired) electrons. The van der Waals surface area contributed by atoms with Crippen LogP contribution < -0.4 is 5.32 Å². The highest BCUT2D eigenvalue weighted by molar-refractivity contribution is 5.90. The third-order valence-corrected chi connectivity index (χ3v) is 2.21. The van der Waals surface area contributed by atoms with Crippen molar-refractivity contribution in [3.8, 4) is 0 Å². The standard InChI is InChI=1S/C11H14F3N3O3/c1-10(2,20-6-11(12,13)14)5-17-8-7(9(18)19)15-3-4-16-8/h3-4H,5-6H2,1-2H3,(H,16,17)(H,18,19). The number of alkyl halides is 3. The Labute approximate surface area is 113 Å². The van der Waals surface area contributed by atoms with Crippen molar-refractivity contribution in [2.24, 2.45) is 0 Å². The minimum Gasteiger partial charge on any atom is -0.476 e. The number of nitrogens with one attached hydrogen (secondary N) is 1. The van der Waals surface area contributed by atoms with E-state index in [1.54, 1.807) is 0 Å². The minimum atomic E-state index is -4.42. The molecule has 1 heterocycles. The lowest BCUT2D eigenvalue weighted by Gasteiger charge is -2.26. The number of hydrogen-bond acceptors (Lipinski definition) is 5. The Morgan fingerprint density at radius 2 is 1.95 bits per heavy atom. The Bertz CT molecular complexity index is 477. The summed E-state index contributed by atoms with van der Waals surface area (Å²) in [5.74, 6) is -1.31. The lowest BCUT2D eigenvalue weighted by molar-refractivity contribution is -0.197. The largest absolute Gasteiger partial charge is 0.476 e. The summed E-state index contributed by atoms with van der Waals surface area (Å²) in [6.07, 6.45) is -1.94. The zero-order valence-electron chi connectivity index (χ0n) is 10.9. The second kappa shape index (κ2) is 6.04. The number of anilines is 1. The Hall–Kier alpha value is -1.90. The summed E-state index contributed by atoms with van der Waals surface area (Å²) in [5, 5.41) is 11.5. The van der Waals surface area contributed by atoms with Gasteiger partial charge in [-0.15, -0.1) is 0 Å². The van der Waals surface area contributed by atoms with Crippen LogP contribution in [0.3, 0.4) is 0 Å². The number of hydrogen-bond donors (Lipinski definition) is 2. The van der Waals surface area contributed by atoms with E-state index in [4.69, 9.17) is 9.84 Å². The van der Waals surface area contributed by atoms with Gasteiger partial charge in [0.2, 0.25) is 0 Å². The van der Waals surface area contributed by atoms with Gasteiger partial charge in [-0.1, -0.05) is 0 Å². The molecule has 0 amide bonds. The van der Waals surface area contributed by atoms with Gasteiger partial charge in [0.25, 0.3) is 0 Å². The molecule has 0 spiro atoms. The van der Waals surface area contributed by atoms with Gasteiger partial charge in [-0.25, -0.2) is 14.8 Å². The van der Waals surface area contributed by atoms with E-state index in [9.17, 15) is 18.0 Å². The van der Waals surface area contributed by atoms with Gasteiger partial charge in [-0.3, -0.25) is 0 Å². The van der Waals surface area contributed by atoms with E-state index in [-0.39, 0.29) is 18.1 Å². The van der Waals surface area contributed by atoms with Gasteiger partial charge in [0.05, 0.1) is 5.60 Å². The van der Waals surface area contributed by atoms with Crippen LogP contribution in [0.1, 0.15) is 24.3 Å². The summed E-state index contributed by atoms with van der Waals surface area (Å²) in [4.78, 5) is 18.3.